The second-order valence-electron chi connectivity index (χ2n) is 8.22. The van der Waals surface area contributed by atoms with E-state index in [9.17, 15) is 0 Å². The zero-order valence-corrected chi connectivity index (χ0v) is 16.0. The predicted molar refractivity (Wildman–Crippen MR) is 108 cm³/mol. The summed E-state index contributed by atoms with van der Waals surface area (Å²) in [6.07, 6.45) is 3.73. The van der Waals surface area contributed by atoms with Crippen molar-refractivity contribution < 1.29 is 4.52 Å². The molecule has 3 heteroatoms. The van der Waals surface area contributed by atoms with Crippen LogP contribution < -0.4 is 0 Å². The van der Waals surface area contributed by atoms with Gasteiger partial charge in [0.15, 0.2) is 0 Å². The molecule has 2 aliphatic rings. The third-order valence-electron chi connectivity index (χ3n) is 6.70. The molecule has 4 atom stereocenters. The van der Waals surface area contributed by atoms with Crippen LogP contribution >= 0.6 is 0 Å². The van der Waals surface area contributed by atoms with Crippen LogP contribution in [0, 0.1) is 6.92 Å². The summed E-state index contributed by atoms with van der Waals surface area (Å²) in [5.41, 5.74) is 4.81. The van der Waals surface area contributed by atoms with Crippen molar-refractivity contribution in [1.29, 1.82) is 0 Å². The molecular formula is C24H26N2O. The quantitative estimate of drug-likeness (QED) is 0.629. The average molecular weight is 358 g/mol. The van der Waals surface area contributed by atoms with Gasteiger partial charge in [0.2, 0.25) is 0 Å². The maximum atomic E-state index is 5.96. The van der Waals surface area contributed by atoms with Crippen LogP contribution in [0.3, 0.4) is 0 Å². The average Bonchev–Trinajstić information content (AvgIpc) is 3.26. The van der Waals surface area contributed by atoms with Gasteiger partial charge in [-0.3, -0.25) is 4.90 Å². The van der Waals surface area contributed by atoms with E-state index in [4.69, 9.17) is 4.52 Å². The van der Waals surface area contributed by atoms with Crippen molar-refractivity contribution in [1.82, 2.24) is 10.1 Å². The van der Waals surface area contributed by atoms with Gasteiger partial charge in [0.05, 0.1) is 0 Å². The molecule has 3 heterocycles. The van der Waals surface area contributed by atoms with Crippen LogP contribution in [0.5, 0.6) is 0 Å². The number of rotatable bonds is 3. The van der Waals surface area contributed by atoms with Gasteiger partial charge in [-0.15, -0.1) is 0 Å². The topological polar surface area (TPSA) is 29.3 Å². The monoisotopic (exact) mass is 358 g/mol. The molecule has 138 valence electrons. The summed E-state index contributed by atoms with van der Waals surface area (Å²) in [4.78, 5) is 2.58. The number of piperidine rings is 1. The van der Waals surface area contributed by atoms with Crippen molar-refractivity contribution in [2.45, 2.75) is 50.1 Å². The van der Waals surface area contributed by atoms with E-state index in [0.29, 0.717) is 23.9 Å². The fourth-order valence-corrected chi connectivity index (χ4v) is 5.20. The van der Waals surface area contributed by atoms with E-state index in [1.54, 1.807) is 0 Å². The Labute approximate surface area is 161 Å². The summed E-state index contributed by atoms with van der Waals surface area (Å²) in [6.45, 7) is 2.15. The van der Waals surface area contributed by atoms with Gasteiger partial charge in [0, 0.05) is 29.6 Å². The molecule has 2 aromatic carbocycles. The van der Waals surface area contributed by atoms with Crippen molar-refractivity contribution >= 4 is 0 Å². The summed E-state index contributed by atoms with van der Waals surface area (Å²) in [5.74, 6) is 1.90. The Hall–Kier alpha value is -2.39. The minimum absolute atomic E-state index is 0.362. The zero-order valence-electron chi connectivity index (χ0n) is 16.0. The van der Waals surface area contributed by atoms with Gasteiger partial charge in [-0.2, -0.15) is 0 Å². The van der Waals surface area contributed by atoms with E-state index in [2.05, 4.69) is 78.6 Å². The fraction of sp³-hybridized carbons (Fsp3) is 0.375. The summed E-state index contributed by atoms with van der Waals surface area (Å²) in [7, 11) is 2.29. The van der Waals surface area contributed by atoms with Crippen molar-refractivity contribution in [3.05, 3.63) is 77.6 Å². The fourth-order valence-electron chi connectivity index (χ4n) is 5.20. The van der Waals surface area contributed by atoms with Gasteiger partial charge in [-0.1, -0.05) is 65.3 Å². The van der Waals surface area contributed by atoms with Gasteiger partial charge in [0.25, 0.3) is 0 Å². The smallest absolute Gasteiger partial charge is 0.142 e. The number of likely N-dealkylation sites (N-methyl/N-ethyl adjacent to an activating group) is 1. The second-order valence-corrected chi connectivity index (χ2v) is 8.22. The molecule has 0 aliphatic carbocycles. The van der Waals surface area contributed by atoms with Crippen molar-refractivity contribution in [2.24, 2.45) is 0 Å². The second kappa shape index (κ2) is 6.65. The summed E-state index contributed by atoms with van der Waals surface area (Å²) in [6, 6.07) is 22.8. The molecule has 0 radical (unpaired) electrons. The van der Waals surface area contributed by atoms with Gasteiger partial charge < -0.3 is 4.52 Å². The van der Waals surface area contributed by atoms with Crippen LogP contribution in [0.25, 0.3) is 11.3 Å². The third-order valence-corrected chi connectivity index (χ3v) is 6.70. The highest BCUT2D eigenvalue weighted by Crippen LogP contribution is 2.51. The number of fused-ring (bicyclic) bond motifs is 2. The Morgan fingerprint density at radius 1 is 1.00 bits per heavy atom. The first kappa shape index (κ1) is 16.8. The van der Waals surface area contributed by atoms with Crippen molar-refractivity contribution in [3.63, 3.8) is 0 Å². The van der Waals surface area contributed by atoms with E-state index >= 15 is 0 Å². The number of benzene rings is 2. The van der Waals surface area contributed by atoms with Crippen LogP contribution in [0.1, 0.15) is 48.0 Å². The highest BCUT2D eigenvalue weighted by Gasteiger charge is 2.48. The Morgan fingerprint density at radius 2 is 1.78 bits per heavy atom. The molecule has 0 N–H and O–H groups in total. The van der Waals surface area contributed by atoms with E-state index in [0.717, 1.165) is 17.0 Å². The van der Waals surface area contributed by atoms with Crippen LogP contribution in [0.2, 0.25) is 0 Å². The largest absolute Gasteiger partial charge is 0.360 e. The van der Waals surface area contributed by atoms with E-state index in [-0.39, 0.29) is 0 Å². The predicted octanol–water partition coefficient (Wildman–Crippen LogP) is 5.38. The Morgan fingerprint density at radius 3 is 2.56 bits per heavy atom. The molecule has 3 nitrogen and oxygen atoms in total. The minimum Gasteiger partial charge on any atom is -0.360 e. The molecule has 2 fully saturated rings. The lowest BCUT2D eigenvalue weighted by Crippen LogP contribution is -2.44. The zero-order chi connectivity index (χ0) is 18.4. The molecule has 2 aliphatic heterocycles. The number of nitrogens with zero attached hydrogens (tertiary/aromatic N) is 2. The summed E-state index contributed by atoms with van der Waals surface area (Å²) < 4.78 is 5.96. The molecule has 3 aromatic rings. The molecule has 5 rings (SSSR count). The lowest BCUT2D eigenvalue weighted by Gasteiger charge is -2.42. The molecule has 0 spiro atoms. The van der Waals surface area contributed by atoms with Gasteiger partial charge in [-0.25, -0.2) is 0 Å². The van der Waals surface area contributed by atoms with E-state index in [1.807, 2.05) is 6.07 Å². The van der Waals surface area contributed by atoms with Crippen LogP contribution in [0.15, 0.2) is 65.2 Å². The van der Waals surface area contributed by atoms with Crippen molar-refractivity contribution in [3.8, 4) is 11.3 Å². The normalized spacial score (nSPS) is 27.8. The molecule has 2 bridgehead atoms. The van der Waals surface area contributed by atoms with Gasteiger partial charge in [0.1, 0.15) is 11.5 Å². The lowest BCUT2D eigenvalue weighted by atomic mass is 9.74. The Bertz CT molecular complexity index is 915. The SMILES string of the molecule is Cc1ccc([C@H]2C[C@H]3CCC(C2c2cc(-c4ccccc4)no2)N3C)cc1. The summed E-state index contributed by atoms with van der Waals surface area (Å²) in [5, 5.41) is 4.42. The number of hydrogen-bond donors (Lipinski definition) is 0. The van der Waals surface area contributed by atoms with E-state index < -0.39 is 0 Å². The molecule has 0 saturated carbocycles. The lowest BCUT2D eigenvalue weighted by molar-refractivity contribution is 0.122. The summed E-state index contributed by atoms with van der Waals surface area (Å²) >= 11 is 0. The highest BCUT2D eigenvalue weighted by molar-refractivity contribution is 5.58. The highest BCUT2D eigenvalue weighted by atomic mass is 16.5. The standard InChI is InChI=1S/C24H26N2O/c1-16-8-10-17(11-9-16)20-14-19-12-13-22(26(19)2)24(20)23-15-21(25-27-23)18-6-4-3-5-7-18/h3-11,15,19-20,22,24H,12-14H2,1-2H3/t19-,20-,22?,24?/m1/s1. The maximum Gasteiger partial charge on any atom is 0.142 e. The Balaban J connectivity index is 1.54. The number of aromatic nitrogens is 1. The van der Waals surface area contributed by atoms with Crippen LogP contribution in [0.4, 0.5) is 0 Å². The van der Waals surface area contributed by atoms with Gasteiger partial charge >= 0.3 is 0 Å². The van der Waals surface area contributed by atoms with E-state index in [1.165, 1.54) is 30.4 Å². The third kappa shape index (κ3) is 2.90. The molecular weight excluding hydrogens is 332 g/mol. The number of aryl methyl sites for hydroxylation is 1. The molecule has 2 saturated heterocycles. The first-order valence-electron chi connectivity index (χ1n) is 10.0. The first-order valence-corrected chi connectivity index (χ1v) is 10.0. The molecule has 27 heavy (non-hydrogen) atoms. The minimum atomic E-state index is 0.362. The van der Waals surface area contributed by atoms with Crippen molar-refractivity contribution in [2.75, 3.05) is 7.05 Å². The molecule has 2 unspecified atom stereocenters. The Kier molecular flexibility index (Phi) is 4.13. The van der Waals surface area contributed by atoms with Gasteiger partial charge in [-0.05, 0) is 44.7 Å². The van der Waals surface area contributed by atoms with Crippen LogP contribution in [-0.4, -0.2) is 29.2 Å². The maximum absolute atomic E-state index is 5.96. The first-order chi connectivity index (χ1) is 13.2. The molecule has 0 amide bonds. The molecule has 1 aromatic heterocycles. The van der Waals surface area contributed by atoms with Crippen LogP contribution in [-0.2, 0) is 0 Å². The number of hydrogen-bond acceptors (Lipinski definition) is 3.